The molecule has 82 valence electrons. The van der Waals surface area contributed by atoms with Gasteiger partial charge in [0, 0.05) is 17.6 Å². The molecule has 3 nitrogen and oxygen atoms in total. The summed E-state index contributed by atoms with van der Waals surface area (Å²) in [5, 5.41) is 3.88. The summed E-state index contributed by atoms with van der Waals surface area (Å²) in [6.45, 7) is 0.625. The average molecular weight is 246 g/mol. The Hall–Kier alpha value is -0.580. The molecule has 5 heteroatoms. The Morgan fingerprint density at radius 2 is 2.00 bits per heavy atom. The van der Waals surface area contributed by atoms with E-state index in [1.165, 1.54) is 0 Å². The molecule has 0 bridgehead atoms. The van der Waals surface area contributed by atoms with E-state index in [2.05, 4.69) is 5.32 Å². The molecule has 0 aliphatic carbocycles. The summed E-state index contributed by atoms with van der Waals surface area (Å²) in [6.07, 6.45) is 0. The lowest BCUT2D eigenvalue weighted by Crippen LogP contribution is -2.50. The normalized spacial score (nSPS) is 19.8. The molecule has 1 heterocycles. The van der Waals surface area contributed by atoms with Crippen LogP contribution in [0.3, 0.4) is 0 Å². The smallest absolute Gasteiger partial charge is 0.153 e. The molecule has 1 aromatic carbocycles. The quantitative estimate of drug-likeness (QED) is 0.871. The van der Waals surface area contributed by atoms with Crippen LogP contribution in [0.15, 0.2) is 24.3 Å². The van der Waals surface area contributed by atoms with Crippen molar-refractivity contribution in [1.29, 1.82) is 0 Å². The minimum atomic E-state index is -2.74. The zero-order valence-corrected chi connectivity index (χ0v) is 9.68. The predicted molar refractivity (Wildman–Crippen MR) is 60.7 cm³/mol. The Kier molecular flexibility index (Phi) is 3.00. The van der Waals surface area contributed by atoms with Gasteiger partial charge in [-0.1, -0.05) is 29.8 Å². The van der Waals surface area contributed by atoms with Crippen molar-refractivity contribution in [1.82, 2.24) is 5.32 Å². The maximum Gasteiger partial charge on any atom is 0.153 e. The molecule has 15 heavy (non-hydrogen) atoms. The minimum absolute atomic E-state index is 0.0891. The summed E-state index contributed by atoms with van der Waals surface area (Å²) in [5.74, 6) is 0.495. The summed E-state index contributed by atoms with van der Waals surface area (Å²) < 4.78 is 21.8. The van der Waals surface area contributed by atoms with Gasteiger partial charge in [-0.2, -0.15) is 0 Å². The molecule has 1 aliphatic rings. The van der Waals surface area contributed by atoms with Gasteiger partial charge >= 0.3 is 0 Å². The first kappa shape index (κ1) is 10.9. The monoisotopic (exact) mass is 245 g/mol. The average Bonchev–Trinajstić information content (AvgIpc) is 2.13. The summed E-state index contributed by atoms with van der Waals surface area (Å²) in [6, 6.07) is 7.64. The highest BCUT2D eigenvalue weighted by Crippen LogP contribution is 2.16. The third-order valence-electron chi connectivity index (χ3n) is 2.45. The molecule has 1 fully saturated rings. The molecule has 1 saturated heterocycles. The van der Waals surface area contributed by atoms with Crippen molar-refractivity contribution in [2.45, 2.75) is 12.6 Å². The Morgan fingerprint density at radius 1 is 1.33 bits per heavy atom. The van der Waals surface area contributed by atoms with Crippen LogP contribution >= 0.6 is 11.6 Å². The van der Waals surface area contributed by atoms with Gasteiger partial charge in [0.15, 0.2) is 9.84 Å². The molecular formula is C10H12ClNO2S. The lowest BCUT2D eigenvalue weighted by atomic mass is 10.2. The molecule has 0 spiro atoms. The van der Waals surface area contributed by atoms with E-state index in [1.807, 2.05) is 24.3 Å². The third kappa shape index (κ3) is 2.71. The molecule has 0 saturated carbocycles. The molecule has 0 atom stereocenters. The second-order valence-electron chi connectivity index (χ2n) is 3.75. The van der Waals surface area contributed by atoms with Crippen molar-refractivity contribution in [2.24, 2.45) is 0 Å². The van der Waals surface area contributed by atoms with E-state index in [-0.39, 0.29) is 17.5 Å². The number of rotatable bonds is 3. The molecule has 0 aromatic heterocycles. The van der Waals surface area contributed by atoms with Crippen LogP contribution in [0.2, 0.25) is 5.02 Å². The third-order valence-corrected chi connectivity index (χ3v) is 4.64. The van der Waals surface area contributed by atoms with Crippen LogP contribution in [-0.4, -0.2) is 26.0 Å². The number of hydrogen-bond donors (Lipinski definition) is 1. The van der Waals surface area contributed by atoms with Gasteiger partial charge in [0.25, 0.3) is 0 Å². The van der Waals surface area contributed by atoms with E-state index < -0.39 is 9.84 Å². The number of halogens is 1. The van der Waals surface area contributed by atoms with Crippen molar-refractivity contribution in [3.8, 4) is 0 Å². The van der Waals surface area contributed by atoms with Crippen LogP contribution in [-0.2, 0) is 16.4 Å². The molecule has 0 amide bonds. The maximum absolute atomic E-state index is 10.9. The van der Waals surface area contributed by atoms with Crippen molar-refractivity contribution in [2.75, 3.05) is 11.5 Å². The summed E-state index contributed by atoms with van der Waals surface area (Å²) in [4.78, 5) is 0. The van der Waals surface area contributed by atoms with Gasteiger partial charge in [-0.3, -0.25) is 0 Å². The van der Waals surface area contributed by atoms with Gasteiger partial charge in [0.05, 0.1) is 11.5 Å². The van der Waals surface area contributed by atoms with E-state index in [9.17, 15) is 8.42 Å². The highest BCUT2D eigenvalue weighted by Gasteiger charge is 2.32. The predicted octanol–water partition coefficient (Wildman–Crippen LogP) is 1.23. The van der Waals surface area contributed by atoms with Crippen LogP contribution in [0, 0.1) is 0 Å². The van der Waals surface area contributed by atoms with Gasteiger partial charge in [-0.05, 0) is 11.6 Å². The second-order valence-corrected chi connectivity index (χ2v) is 6.31. The van der Waals surface area contributed by atoms with E-state index >= 15 is 0 Å². The molecule has 1 aromatic rings. The van der Waals surface area contributed by atoms with Gasteiger partial charge in [0.1, 0.15) is 0 Å². The van der Waals surface area contributed by atoms with Crippen LogP contribution in [0.4, 0.5) is 0 Å². The fourth-order valence-electron chi connectivity index (χ4n) is 1.58. The van der Waals surface area contributed by atoms with Crippen molar-refractivity contribution in [3.05, 3.63) is 34.9 Å². The highest BCUT2D eigenvalue weighted by atomic mass is 35.5. The maximum atomic E-state index is 10.9. The van der Waals surface area contributed by atoms with E-state index in [0.29, 0.717) is 11.6 Å². The second kappa shape index (κ2) is 4.12. The van der Waals surface area contributed by atoms with Crippen LogP contribution in [0.1, 0.15) is 5.56 Å². The van der Waals surface area contributed by atoms with E-state index in [4.69, 9.17) is 11.6 Å². The molecule has 1 aliphatic heterocycles. The Morgan fingerprint density at radius 3 is 2.60 bits per heavy atom. The van der Waals surface area contributed by atoms with Crippen LogP contribution < -0.4 is 5.32 Å². The van der Waals surface area contributed by atoms with Gasteiger partial charge in [0.2, 0.25) is 0 Å². The minimum Gasteiger partial charge on any atom is -0.308 e. The van der Waals surface area contributed by atoms with E-state index in [1.54, 1.807) is 0 Å². The zero-order valence-electron chi connectivity index (χ0n) is 8.11. The van der Waals surface area contributed by atoms with Crippen LogP contribution in [0.5, 0.6) is 0 Å². The van der Waals surface area contributed by atoms with Crippen molar-refractivity contribution in [3.63, 3.8) is 0 Å². The zero-order chi connectivity index (χ0) is 10.9. The van der Waals surface area contributed by atoms with Crippen molar-refractivity contribution < 1.29 is 8.42 Å². The largest absolute Gasteiger partial charge is 0.308 e. The summed E-state index contributed by atoms with van der Waals surface area (Å²) in [7, 11) is -2.74. The van der Waals surface area contributed by atoms with Gasteiger partial charge in [-0.25, -0.2) is 8.42 Å². The molecule has 1 N–H and O–H groups in total. The lowest BCUT2D eigenvalue weighted by molar-refractivity contribution is 0.511. The first-order chi connectivity index (χ1) is 7.07. The fourth-order valence-corrected chi connectivity index (χ4v) is 3.14. The number of nitrogens with one attached hydrogen (secondary N) is 1. The number of sulfone groups is 1. The molecule has 0 unspecified atom stereocenters. The standard InChI is InChI=1S/C10H12ClNO2S/c11-10-4-2-1-3-8(10)5-12-9-6-15(13,14)7-9/h1-4,9,12H,5-7H2. The lowest BCUT2D eigenvalue weighted by Gasteiger charge is -2.26. The fraction of sp³-hybridized carbons (Fsp3) is 0.400. The highest BCUT2D eigenvalue weighted by molar-refractivity contribution is 7.92. The SMILES string of the molecule is O=S1(=O)CC(NCc2ccccc2Cl)C1. The number of benzene rings is 1. The van der Waals surface area contributed by atoms with Crippen LogP contribution in [0.25, 0.3) is 0 Å². The molecular weight excluding hydrogens is 234 g/mol. The number of hydrogen-bond acceptors (Lipinski definition) is 3. The van der Waals surface area contributed by atoms with Crippen molar-refractivity contribution >= 4 is 21.4 Å². The Balaban J connectivity index is 1.87. The first-order valence-corrected chi connectivity index (χ1v) is 6.94. The van der Waals surface area contributed by atoms with E-state index in [0.717, 1.165) is 5.56 Å². The first-order valence-electron chi connectivity index (χ1n) is 4.74. The van der Waals surface area contributed by atoms with Gasteiger partial charge < -0.3 is 5.32 Å². The summed E-state index contributed by atoms with van der Waals surface area (Å²) >= 11 is 5.97. The van der Waals surface area contributed by atoms with Gasteiger partial charge in [-0.15, -0.1) is 0 Å². The molecule has 0 radical (unpaired) electrons. The molecule has 2 rings (SSSR count). The Bertz CT molecular complexity index is 446. The summed E-state index contributed by atoms with van der Waals surface area (Å²) in [5.41, 5.74) is 1.00. The topological polar surface area (TPSA) is 46.2 Å². The Labute approximate surface area is 94.4 Å².